The minimum Gasteiger partial charge on any atom is -0.352 e. The maximum atomic E-state index is 13.0. The molecular weight excluding hydrogens is 384 g/mol. The van der Waals surface area contributed by atoms with Gasteiger partial charge in [0.15, 0.2) is 0 Å². The Hall–Kier alpha value is -2.34. The van der Waals surface area contributed by atoms with Crippen LogP contribution >= 0.6 is 0 Å². The van der Waals surface area contributed by atoms with Crippen LogP contribution in [0, 0.1) is 13.8 Å². The van der Waals surface area contributed by atoms with Gasteiger partial charge in [-0.3, -0.25) is 9.10 Å². The normalized spacial score (nSPS) is 13.6. The number of hydrogen-bond acceptors (Lipinski definition) is 3. The van der Waals surface area contributed by atoms with Crippen molar-refractivity contribution in [2.24, 2.45) is 0 Å². The number of rotatable bonds is 9. The summed E-state index contributed by atoms with van der Waals surface area (Å²) in [4.78, 5) is 13.0. The van der Waals surface area contributed by atoms with Gasteiger partial charge in [-0.15, -0.1) is 0 Å². The van der Waals surface area contributed by atoms with Crippen molar-refractivity contribution in [3.8, 4) is 0 Å². The topological polar surface area (TPSA) is 66.5 Å². The van der Waals surface area contributed by atoms with Crippen LogP contribution < -0.4 is 9.62 Å². The highest BCUT2D eigenvalue weighted by molar-refractivity contribution is 7.92. The number of benzene rings is 2. The third kappa shape index (κ3) is 6.32. The highest BCUT2D eigenvalue weighted by Gasteiger charge is 2.32. The van der Waals surface area contributed by atoms with E-state index in [0.717, 1.165) is 30.2 Å². The lowest BCUT2D eigenvalue weighted by Gasteiger charge is -2.31. The number of amides is 1. The van der Waals surface area contributed by atoms with Crippen LogP contribution in [0.15, 0.2) is 48.5 Å². The predicted octanol–water partition coefficient (Wildman–Crippen LogP) is 3.99. The number of hydrogen-bond donors (Lipinski definition) is 1. The minimum absolute atomic E-state index is 0.0575. The lowest BCUT2D eigenvalue weighted by Crippen LogP contribution is -2.51. The van der Waals surface area contributed by atoms with E-state index in [1.54, 1.807) is 6.07 Å². The Bertz CT molecular complexity index is 926. The Morgan fingerprint density at radius 2 is 1.72 bits per heavy atom. The van der Waals surface area contributed by atoms with Crippen molar-refractivity contribution in [2.75, 3.05) is 10.6 Å². The van der Waals surface area contributed by atoms with Crippen LogP contribution in [0.5, 0.6) is 0 Å². The quantitative estimate of drug-likeness (QED) is 0.672. The largest absolute Gasteiger partial charge is 0.352 e. The molecule has 0 fully saturated rings. The molecule has 5 nitrogen and oxygen atoms in total. The Morgan fingerprint density at radius 1 is 1.07 bits per heavy atom. The van der Waals surface area contributed by atoms with Crippen LogP contribution in [0.3, 0.4) is 0 Å². The SMILES string of the molecule is CC[C@@H](C(=O)N[C@H](C)CCc1ccccc1)N(c1ccc(C)c(C)c1)S(C)(=O)=O. The first-order valence-electron chi connectivity index (χ1n) is 10.0. The summed E-state index contributed by atoms with van der Waals surface area (Å²) in [5, 5.41) is 3.00. The lowest BCUT2D eigenvalue weighted by atomic mass is 10.1. The molecule has 0 aliphatic rings. The van der Waals surface area contributed by atoms with Crippen LogP contribution in [0.1, 0.15) is 43.4 Å². The summed E-state index contributed by atoms with van der Waals surface area (Å²) >= 11 is 0. The van der Waals surface area contributed by atoms with Crippen LogP contribution in [0.2, 0.25) is 0 Å². The third-order valence-corrected chi connectivity index (χ3v) is 6.35. The monoisotopic (exact) mass is 416 g/mol. The zero-order valence-corrected chi connectivity index (χ0v) is 18.8. The molecular formula is C23H32N2O3S. The Labute approximate surface area is 175 Å². The van der Waals surface area contributed by atoms with Crippen LogP contribution in [0.25, 0.3) is 0 Å². The summed E-state index contributed by atoms with van der Waals surface area (Å²) in [6, 6.07) is 14.7. The van der Waals surface area contributed by atoms with Crippen molar-refractivity contribution in [1.82, 2.24) is 5.32 Å². The van der Waals surface area contributed by atoms with Gasteiger partial charge in [-0.05, 0) is 68.9 Å². The summed E-state index contributed by atoms with van der Waals surface area (Å²) in [6.45, 7) is 7.70. The summed E-state index contributed by atoms with van der Waals surface area (Å²) in [6.07, 6.45) is 3.18. The summed E-state index contributed by atoms with van der Waals surface area (Å²) in [7, 11) is -3.62. The molecule has 158 valence electrons. The number of nitrogens with one attached hydrogen (secondary N) is 1. The van der Waals surface area contributed by atoms with E-state index < -0.39 is 16.1 Å². The molecule has 0 aliphatic heterocycles. The minimum atomic E-state index is -3.62. The van der Waals surface area contributed by atoms with Crippen LogP contribution in [0.4, 0.5) is 5.69 Å². The molecule has 6 heteroatoms. The van der Waals surface area contributed by atoms with Gasteiger partial charge in [0, 0.05) is 6.04 Å². The fourth-order valence-electron chi connectivity index (χ4n) is 3.36. The van der Waals surface area contributed by atoms with Crippen molar-refractivity contribution >= 4 is 21.6 Å². The molecule has 2 atom stereocenters. The Morgan fingerprint density at radius 3 is 2.28 bits per heavy atom. The molecule has 2 aromatic rings. The molecule has 2 aromatic carbocycles. The van der Waals surface area contributed by atoms with E-state index in [0.29, 0.717) is 12.1 Å². The van der Waals surface area contributed by atoms with Gasteiger partial charge in [-0.25, -0.2) is 8.42 Å². The third-order valence-electron chi connectivity index (χ3n) is 5.17. The molecule has 0 saturated carbocycles. The summed E-state index contributed by atoms with van der Waals surface area (Å²) in [5.41, 5.74) is 3.81. The average Bonchev–Trinajstić information content (AvgIpc) is 2.66. The van der Waals surface area contributed by atoms with Gasteiger partial charge >= 0.3 is 0 Å². The lowest BCUT2D eigenvalue weighted by molar-refractivity contribution is -0.122. The molecule has 0 heterocycles. The van der Waals surface area contributed by atoms with E-state index >= 15 is 0 Å². The van der Waals surface area contributed by atoms with Gasteiger partial charge in [0.2, 0.25) is 15.9 Å². The highest BCUT2D eigenvalue weighted by atomic mass is 32.2. The Balaban J connectivity index is 2.16. The summed E-state index contributed by atoms with van der Waals surface area (Å²) in [5.74, 6) is -0.267. The molecule has 2 rings (SSSR count). The van der Waals surface area contributed by atoms with Crippen LogP contribution in [-0.2, 0) is 21.2 Å². The maximum Gasteiger partial charge on any atom is 0.244 e. The molecule has 0 spiro atoms. The second-order valence-corrected chi connectivity index (χ2v) is 9.54. The van der Waals surface area contributed by atoms with Crippen molar-refractivity contribution in [3.63, 3.8) is 0 Å². The first-order valence-corrected chi connectivity index (χ1v) is 11.9. The zero-order valence-electron chi connectivity index (χ0n) is 18.0. The number of carbonyl (C=O) groups is 1. The van der Waals surface area contributed by atoms with Gasteiger partial charge in [0.1, 0.15) is 6.04 Å². The average molecular weight is 417 g/mol. The van der Waals surface area contributed by atoms with E-state index in [1.165, 1.54) is 9.87 Å². The van der Waals surface area contributed by atoms with Crippen LogP contribution in [-0.4, -0.2) is 32.7 Å². The van der Waals surface area contributed by atoms with Gasteiger partial charge in [0.25, 0.3) is 0 Å². The van der Waals surface area contributed by atoms with E-state index in [2.05, 4.69) is 17.4 Å². The van der Waals surface area contributed by atoms with E-state index in [9.17, 15) is 13.2 Å². The van der Waals surface area contributed by atoms with Crippen molar-refractivity contribution in [1.29, 1.82) is 0 Å². The molecule has 29 heavy (non-hydrogen) atoms. The molecule has 1 amide bonds. The second kappa shape index (κ2) is 9.92. The molecule has 1 N–H and O–H groups in total. The smallest absolute Gasteiger partial charge is 0.244 e. The van der Waals surface area contributed by atoms with E-state index in [1.807, 2.05) is 58.0 Å². The molecule has 0 aromatic heterocycles. The van der Waals surface area contributed by atoms with Gasteiger partial charge < -0.3 is 5.32 Å². The fraction of sp³-hybridized carbons (Fsp3) is 0.435. The van der Waals surface area contributed by atoms with Crippen molar-refractivity contribution < 1.29 is 13.2 Å². The van der Waals surface area contributed by atoms with Gasteiger partial charge in [-0.1, -0.05) is 43.3 Å². The van der Waals surface area contributed by atoms with Crippen molar-refractivity contribution in [3.05, 3.63) is 65.2 Å². The first-order chi connectivity index (χ1) is 13.6. The molecule has 0 unspecified atom stereocenters. The predicted molar refractivity (Wildman–Crippen MR) is 120 cm³/mol. The number of anilines is 1. The summed E-state index contributed by atoms with van der Waals surface area (Å²) < 4.78 is 26.4. The fourth-order valence-corrected chi connectivity index (χ4v) is 4.57. The van der Waals surface area contributed by atoms with E-state index in [4.69, 9.17) is 0 Å². The molecule has 0 radical (unpaired) electrons. The Kier molecular flexibility index (Phi) is 7.85. The van der Waals surface area contributed by atoms with Crippen molar-refractivity contribution in [2.45, 2.75) is 59.0 Å². The first kappa shape index (κ1) is 22.9. The van der Waals surface area contributed by atoms with Gasteiger partial charge in [0.05, 0.1) is 11.9 Å². The zero-order chi connectivity index (χ0) is 21.6. The maximum absolute atomic E-state index is 13.0. The molecule has 0 saturated heterocycles. The number of sulfonamides is 1. The number of nitrogens with zero attached hydrogens (tertiary/aromatic N) is 1. The van der Waals surface area contributed by atoms with E-state index in [-0.39, 0.29) is 11.9 Å². The molecule has 0 bridgehead atoms. The van der Waals surface area contributed by atoms with Gasteiger partial charge in [-0.2, -0.15) is 0 Å². The second-order valence-electron chi connectivity index (χ2n) is 7.69. The number of carbonyl (C=O) groups excluding carboxylic acids is 1. The highest BCUT2D eigenvalue weighted by Crippen LogP contribution is 2.25. The standard InChI is InChI=1S/C23H32N2O3S/c1-6-22(23(26)24-19(4)13-14-20-10-8-7-9-11-20)25(29(5,27)28)21-15-12-17(2)18(3)16-21/h7-12,15-16,19,22H,6,13-14H2,1-5H3,(H,24,26)/t19-,22+/m1/s1. The molecule has 0 aliphatic carbocycles. The number of aryl methyl sites for hydroxylation is 3.